The maximum atomic E-state index is 12.9. The second-order valence-corrected chi connectivity index (χ2v) is 7.84. The molecule has 0 saturated heterocycles. The number of aromatic nitrogens is 1. The summed E-state index contributed by atoms with van der Waals surface area (Å²) < 4.78 is 14.0. The van der Waals surface area contributed by atoms with Crippen LogP contribution in [0, 0.1) is 0 Å². The highest BCUT2D eigenvalue weighted by atomic mass is 35.5. The van der Waals surface area contributed by atoms with E-state index in [-0.39, 0.29) is 5.78 Å². The fourth-order valence-electron chi connectivity index (χ4n) is 3.80. The van der Waals surface area contributed by atoms with E-state index in [0.717, 1.165) is 28.6 Å². The van der Waals surface area contributed by atoms with Crippen molar-refractivity contribution >= 4 is 34.4 Å². The van der Waals surface area contributed by atoms with Gasteiger partial charge in [0.05, 0.1) is 5.56 Å². The third-order valence-electron chi connectivity index (χ3n) is 5.41. The molecular formula is C26H20ClNO3. The lowest BCUT2D eigenvalue weighted by atomic mass is 10.1. The van der Waals surface area contributed by atoms with Crippen LogP contribution in [0.15, 0.2) is 78.7 Å². The molecule has 0 N–H and O–H groups in total. The molecule has 0 radical (unpaired) electrons. The molecule has 3 aromatic carbocycles. The Hall–Kier alpha value is -3.50. The molecule has 0 aliphatic carbocycles. The molecular weight excluding hydrogens is 410 g/mol. The summed E-state index contributed by atoms with van der Waals surface area (Å²) in [5, 5.41) is 1.78. The summed E-state index contributed by atoms with van der Waals surface area (Å²) in [5.74, 6) is 1.37. The monoisotopic (exact) mass is 429 g/mol. The number of hydrogen-bond acceptors (Lipinski definition) is 3. The van der Waals surface area contributed by atoms with Gasteiger partial charge in [0, 0.05) is 40.3 Å². The number of hydrogen-bond donors (Lipinski definition) is 0. The summed E-state index contributed by atoms with van der Waals surface area (Å²) in [6.45, 7) is 3.36. The zero-order valence-corrected chi connectivity index (χ0v) is 17.7. The molecule has 1 aliphatic heterocycles. The van der Waals surface area contributed by atoms with E-state index in [4.69, 9.17) is 21.1 Å². The summed E-state index contributed by atoms with van der Waals surface area (Å²) in [6, 6.07) is 21.0. The van der Waals surface area contributed by atoms with Crippen molar-refractivity contribution < 1.29 is 14.3 Å². The zero-order chi connectivity index (χ0) is 21.4. The van der Waals surface area contributed by atoms with Gasteiger partial charge in [0.2, 0.25) is 5.78 Å². The summed E-state index contributed by atoms with van der Waals surface area (Å²) in [5.41, 5.74) is 3.66. The maximum Gasteiger partial charge on any atom is 0.231 e. The predicted octanol–water partition coefficient (Wildman–Crippen LogP) is 6.51. The standard InChI is InChI=1S/C26H20ClNO3/c1-2-28-15-18(21-5-3-4-6-23(21)28)13-25-26(29)22-12-11-20(14-24(22)31-25)30-16-17-7-9-19(27)10-8-17/h3-15H,2,16H2,1H3/b25-13-. The zero-order valence-electron chi connectivity index (χ0n) is 17.0. The van der Waals surface area contributed by atoms with Crippen molar-refractivity contribution in [2.45, 2.75) is 20.1 Å². The van der Waals surface area contributed by atoms with Crippen molar-refractivity contribution in [1.29, 1.82) is 0 Å². The van der Waals surface area contributed by atoms with Crippen molar-refractivity contribution in [2.24, 2.45) is 0 Å². The summed E-state index contributed by atoms with van der Waals surface area (Å²) in [7, 11) is 0. The number of carbonyl (C=O) groups is 1. The van der Waals surface area contributed by atoms with Crippen LogP contribution in [0.5, 0.6) is 11.5 Å². The van der Waals surface area contributed by atoms with Crippen molar-refractivity contribution in [2.75, 3.05) is 0 Å². The Morgan fingerprint density at radius 3 is 2.68 bits per heavy atom. The predicted molar refractivity (Wildman–Crippen MR) is 123 cm³/mol. The molecule has 0 spiro atoms. The molecule has 0 saturated carbocycles. The molecule has 5 heteroatoms. The number of nitrogens with zero attached hydrogens (tertiary/aromatic N) is 1. The van der Waals surface area contributed by atoms with Gasteiger partial charge in [-0.15, -0.1) is 0 Å². The lowest BCUT2D eigenvalue weighted by Crippen LogP contribution is -1.98. The van der Waals surface area contributed by atoms with Crippen LogP contribution in [0.4, 0.5) is 0 Å². The van der Waals surface area contributed by atoms with Gasteiger partial charge >= 0.3 is 0 Å². The lowest BCUT2D eigenvalue weighted by Gasteiger charge is -2.07. The Bertz CT molecular complexity index is 1320. The molecule has 4 aromatic rings. The van der Waals surface area contributed by atoms with Gasteiger partial charge < -0.3 is 14.0 Å². The van der Waals surface area contributed by atoms with Crippen molar-refractivity contribution in [3.05, 3.63) is 100 Å². The molecule has 4 nitrogen and oxygen atoms in total. The lowest BCUT2D eigenvalue weighted by molar-refractivity contribution is 0.101. The van der Waals surface area contributed by atoms with Gasteiger partial charge in [0.1, 0.15) is 18.1 Å². The normalized spacial score (nSPS) is 14.1. The molecule has 1 aromatic heterocycles. The first-order valence-corrected chi connectivity index (χ1v) is 10.5. The SMILES string of the molecule is CCn1cc(/C=C2\Oc3cc(OCc4ccc(Cl)cc4)ccc3C2=O)c2ccccc21. The molecule has 0 unspecified atom stereocenters. The Labute approximate surface area is 185 Å². The quantitative estimate of drug-likeness (QED) is 0.339. The minimum Gasteiger partial charge on any atom is -0.489 e. The number of ketones is 1. The van der Waals surface area contributed by atoms with Crippen LogP contribution in [0.1, 0.15) is 28.4 Å². The van der Waals surface area contributed by atoms with Gasteiger partial charge in [-0.3, -0.25) is 4.79 Å². The Kier molecular flexibility index (Phi) is 5.00. The van der Waals surface area contributed by atoms with Crippen LogP contribution in [-0.4, -0.2) is 10.4 Å². The van der Waals surface area contributed by atoms with Crippen molar-refractivity contribution in [3.63, 3.8) is 0 Å². The first-order valence-electron chi connectivity index (χ1n) is 10.2. The minimum atomic E-state index is -0.118. The van der Waals surface area contributed by atoms with E-state index in [9.17, 15) is 4.79 Å². The number of benzene rings is 3. The van der Waals surface area contributed by atoms with Crippen LogP contribution in [0.25, 0.3) is 17.0 Å². The number of allylic oxidation sites excluding steroid dienone is 1. The Morgan fingerprint density at radius 2 is 1.87 bits per heavy atom. The smallest absolute Gasteiger partial charge is 0.231 e. The van der Waals surface area contributed by atoms with Crippen LogP contribution >= 0.6 is 11.6 Å². The van der Waals surface area contributed by atoms with Gasteiger partial charge in [0.25, 0.3) is 0 Å². The van der Waals surface area contributed by atoms with Gasteiger partial charge in [-0.2, -0.15) is 0 Å². The van der Waals surface area contributed by atoms with E-state index >= 15 is 0 Å². The van der Waals surface area contributed by atoms with Gasteiger partial charge in [-0.1, -0.05) is 41.9 Å². The minimum absolute atomic E-state index is 0.118. The number of Topliss-reactive ketones (excluding diaryl/α,β-unsaturated/α-hetero) is 1. The first-order chi connectivity index (χ1) is 15.1. The highest BCUT2D eigenvalue weighted by Crippen LogP contribution is 2.36. The average molecular weight is 430 g/mol. The molecule has 0 atom stereocenters. The van der Waals surface area contributed by atoms with Crippen molar-refractivity contribution in [1.82, 2.24) is 4.57 Å². The van der Waals surface area contributed by atoms with E-state index in [1.54, 1.807) is 18.2 Å². The highest BCUT2D eigenvalue weighted by molar-refractivity contribution is 6.30. The third-order valence-corrected chi connectivity index (χ3v) is 5.66. The number of ether oxygens (including phenoxy) is 2. The van der Waals surface area contributed by atoms with E-state index in [2.05, 4.69) is 29.8 Å². The number of aryl methyl sites for hydroxylation is 1. The Balaban J connectivity index is 1.39. The molecule has 31 heavy (non-hydrogen) atoms. The van der Waals surface area contributed by atoms with E-state index in [1.807, 2.05) is 42.5 Å². The molecule has 0 fully saturated rings. The van der Waals surface area contributed by atoms with E-state index in [0.29, 0.717) is 34.5 Å². The van der Waals surface area contributed by atoms with E-state index in [1.165, 1.54) is 0 Å². The fraction of sp³-hybridized carbons (Fsp3) is 0.115. The molecule has 2 heterocycles. The second-order valence-electron chi connectivity index (χ2n) is 7.40. The molecule has 0 bridgehead atoms. The number of fused-ring (bicyclic) bond motifs is 2. The van der Waals surface area contributed by atoms with Crippen LogP contribution in [-0.2, 0) is 13.2 Å². The first kappa shape index (κ1) is 19.5. The summed E-state index contributed by atoms with van der Waals surface area (Å²) in [6.07, 6.45) is 3.88. The maximum absolute atomic E-state index is 12.9. The molecule has 0 amide bonds. The largest absolute Gasteiger partial charge is 0.489 e. The van der Waals surface area contributed by atoms with Gasteiger partial charge in [0.15, 0.2) is 5.76 Å². The number of carbonyl (C=O) groups excluding carboxylic acids is 1. The van der Waals surface area contributed by atoms with Gasteiger partial charge in [-0.25, -0.2) is 0 Å². The third kappa shape index (κ3) is 3.71. The topological polar surface area (TPSA) is 40.5 Å². The second kappa shape index (κ2) is 7.97. The number of para-hydroxylation sites is 1. The van der Waals surface area contributed by atoms with Crippen molar-refractivity contribution in [3.8, 4) is 11.5 Å². The molecule has 154 valence electrons. The fourth-order valence-corrected chi connectivity index (χ4v) is 3.92. The number of rotatable bonds is 5. The van der Waals surface area contributed by atoms with Crippen LogP contribution < -0.4 is 9.47 Å². The van der Waals surface area contributed by atoms with E-state index < -0.39 is 0 Å². The molecule has 5 rings (SSSR count). The van der Waals surface area contributed by atoms with Crippen LogP contribution in [0.3, 0.4) is 0 Å². The molecule has 1 aliphatic rings. The highest BCUT2D eigenvalue weighted by Gasteiger charge is 2.28. The Morgan fingerprint density at radius 1 is 1.06 bits per heavy atom. The average Bonchev–Trinajstić information content (AvgIpc) is 3.31. The number of halogens is 1. The summed E-state index contributed by atoms with van der Waals surface area (Å²) >= 11 is 5.92. The summed E-state index contributed by atoms with van der Waals surface area (Å²) in [4.78, 5) is 12.9. The van der Waals surface area contributed by atoms with Gasteiger partial charge in [-0.05, 0) is 48.9 Å². The van der Waals surface area contributed by atoms with Crippen LogP contribution in [0.2, 0.25) is 5.02 Å².